The third kappa shape index (κ3) is 2.42. The van der Waals surface area contributed by atoms with Crippen LogP contribution in [0.1, 0.15) is 20.3 Å². The molecule has 1 rings (SSSR count). The van der Waals surface area contributed by atoms with Crippen LogP contribution in [0.4, 0.5) is 0 Å². The number of hydrogen-bond donors (Lipinski definition) is 1. The summed E-state index contributed by atoms with van der Waals surface area (Å²) in [6, 6.07) is 0.435. The highest BCUT2D eigenvalue weighted by molar-refractivity contribution is 5.22. The van der Waals surface area contributed by atoms with Crippen molar-refractivity contribution in [3.05, 3.63) is 12.7 Å². The summed E-state index contributed by atoms with van der Waals surface area (Å²) in [5.74, 6) is 5.94. The van der Waals surface area contributed by atoms with Crippen LogP contribution in [0.2, 0.25) is 0 Å². The first-order valence-electron chi connectivity index (χ1n) is 5.50. The second kappa shape index (κ2) is 4.00. The highest BCUT2D eigenvalue weighted by Crippen LogP contribution is 2.33. The molecule has 15 heavy (non-hydrogen) atoms. The average molecular weight is 208 g/mol. The number of piperidine rings is 1. The summed E-state index contributed by atoms with van der Waals surface area (Å²) >= 11 is 0. The second-order valence-corrected chi connectivity index (χ2v) is 5.31. The average Bonchev–Trinajstić information content (AvgIpc) is 2.12. The van der Waals surface area contributed by atoms with E-state index in [2.05, 4.69) is 46.4 Å². The smallest absolute Gasteiger partial charge is 0.139 e. The molecule has 3 atom stereocenters. The Bertz CT molecular complexity index is 310. The van der Waals surface area contributed by atoms with Gasteiger partial charge in [0.05, 0.1) is 26.7 Å². The SMILES string of the molecule is C=CC#C[C@]1(O)C[C@H](C)[N+](C)(C)C[C@@H]1C. The molecule has 1 N–H and O–H groups in total. The van der Waals surface area contributed by atoms with Crippen molar-refractivity contribution in [3.63, 3.8) is 0 Å². The summed E-state index contributed by atoms with van der Waals surface area (Å²) < 4.78 is 0.958. The summed E-state index contributed by atoms with van der Waals surface area (Å²) in [5, 5.41) is 10.4. The molecule has 0 saturated carbocycles. The van der Waals surface area contributed by atoms with Crippen LogP contribution < -0.4 is 0 Å². The first-order chi connectivity index (χ1) is 6.82. The molecule has 0 aromatic heterocycles. The van der Waals surface area contributed by atoms with E-state index < -0.39 is 5.60 Å². The molecule has 0 radical (unpaired) electrons. The summed E-state index contributed by atoms with van der Waals surface area (Å²) in [4.78, 5) is 0. The molecule has 1 aliphatic rings. The minimum Gasteiger partial charge on any atom is -0.377 e. The van der Waals surface area contributed by atoms with E-state index in [0.717, 1.165) is 17.4 Å². The van der Waals surface area contributed by atoms with Crippen molar-refractivity contribution in [2.75, 3.05) is 20.6 Å². The largest absolute Gasteiger partial charge is 0.377 e. The Balaban J connectivity index is 2.91. The molecule has 0 amide bonds. The topological polar surface area (TPSA) is 20.2 Å². The van der Waals surface area contributed by atoms with Crippen molar-refractivity contribution in [2.24, 2.45) is 5.92 Å². The number of rotatable bonds is 0. The van der Waals surface area contributed by atoms with Crippen molar-refractivity contribution in [3.8, 4) is 11.8 Å². The lowest BCUT2D eigenvalue weighted by Crippen LogP contribution is -2.61. The van der Waals surface area contributed by atoms with E-state index in [0.29, 0.717) is 6.04 Å². The maximum absolute atomic E-state index is 10.4. The van der Waals surface area contributed by atoms with Gasteiger partial charge in [0.15, 0.2) is 0 Å². The van der Waals surface area contributed by atoms with E-state index in [1.54, 1.807) is 6.08 Å². The minimum atomic E-state index is -0.832. The predicted octanol–water partition coefficient (Wildman–Crippen LogP) is 1.41. The second-order valence-electron chi connectivity index (χ2n) is 5.31. The van der Waals surface area contributed by atoms with Gasteiger partial charge >= 0.3 is 0 Å². The van der Waals surface area contributed by atoms with Gasteiger partial charge in [-0.2, -0.15) is 0 Å². The van der Waals surface area contributed by atoms with E-state index in [1.165, 1.54) is 0 Å². The first kappa shape index (κ1) is 12.3. The van der Waals surface area contributed by atoms with Crippen LogP contribution in [-0.4, -0.2) is 41.9 Å². The summed E-state index contributed by atoms with van der Waals surface area (Å²) in [7, 11) is 4.42. The molecule has 0 bridgehead atoms. The van der Waals surface area contributed by atoms with Crippen LogP contribution in [0, 0.1) is 17.8 Å². The molecular weight excluding hydrogens is 186 g/mol. The molecule has 0 unspecified atom stereocenters. The molecule has 0 aromatic carbocycles. The predicted molar refractivity (Wildman–Crippen MR) is 63.1 cm³/mol. The minimum absolute atomic E-state index is 0.205. The molecule has 1 fully saturated rings. The Morgan fingerprint density at radius 3 is 2.60 bits per heavy atom. The Labute approximate surface area is 93.2 Å². The zero-order valence-corrected chi connectivity index (χ0v) is 10.2. The zero-order valence-electron chi connectivity index (χ0n) is 10.2. The molecule has 1 aliphatic heterocycles. The Kier molecular flexibility index (Phi) is 3.28. The maximum Gasteiger partial charge on any atom is 0.139 e. The number of nitrogens with zero attached hydrogens (tertiary/aromatic N) is 1. The number of allylic oxidation sites excluding steroid dienone is 1. The Hall–Kier alpha value is -0.780. The van der Waals surface area contributed by atoms with Gasteiger partial charge in [0.25, 0.3) is 0 Å². The number of hydrogen-bond acceptors (Lipinski definition) is 1. The molecule has 1 heterocycles. The molecule has 0 aliphatic carbocycles. The van der Waals surface area contributed by atoms with Gasteiger partial charge in [0.1, 0.15) is 5.60 Å². The standard InChI is InChI=1S/C13H22NO/c1-6-7-8-13(15)9-12(3)14(4,5)10-11(13)2/h6,11-12,15H,1,9-10H2,2-5H3/q+1/t11-,12-,13-/m0/s1. The molecule has 2 heteroatoms. The van der Waals surface area contributed by atoms with Crippen LogP contribution in [0.3, 0.4) is 0 Å². The third-order valence-corrected chi connectivity index (χ3v) is 3.75. The van der Waals surface area contributed by atoms with Crippen molar-refractivity contribution >= 4 is 0 Å². The van der Waals surface area contributed by atoms with E-state index in [4.69, 9.17) is 0 Å². The molecule has 0 aromatic rings. The zero-order chi connectivity index (χ0) is 11.7. The molecule has 1 saturated heterocycles. The summed E-state index contributed by atoms with van der Waals surface area (Å²) in [5.41, 5.74) is -0.832. The number of quaternary nitrogens is 1. The van der Waals surface area contributed by atoms with Crippen LogP contribution in [0.25, 0.3) is 0 Å². The monoisotopic (exact) mass is 208 g/mol. The van der Waals surface area contributed by atoms with Gasteiger partial charge in [0.2, 0.25) is 0 Å². The van der Waals surface area contributed by atoms with Crippen molar-refractivity contribution in [1.82, 2.24) is 0 Å². The van der Waals surface area contributed by atoms with Gasteiger partial charge in [0, 0.05) is 12.3 Å². The highest BCUT2D eigenvalue weighted by Gasteiger charge is 2.46. The van der Waals surface area contributed by atoms with E-state index in [-0.39, 0.29) is 5.92 Å². The van der Waals surface area contributed by atoms with Crippen LogP contribution in [0.15, 0.2) is 12.7 Å². The third-order valence-electron chi connectivity index (χ3n) is 3.75. The van der Waals surface area contributed by atoms with Crippen LogP contribution >= 0.6 is 0 Å². The molecule has 2 nitrogen and oxygen atoms in total. The fraction of sp³-hybridized carbons (Fsp3) is 0.692. The molecular formula is C13H22NO+. The number of aliphatic hydroxyl groups is 1. The van der Waals surface area contributed by atoms with E-state index >= 15 is 0 Å². The number of likely N-dealkylation sites (tertiary alicyclic amines) is 1. The van der Waals surface area contributed by atoms with Crippen molar-refractivity contribution in [2.45, 2.75) is 31.9 Å². The summed E-state index contributed by atoms with van der Waals surface area (Å²) in [6.45, 7) is 8.77. The van der Waals surface area contributed by atoms with Gasteiger partial charge in [-0.3, -0.25) is 0 Å². The lowest BCUT2D eigenvalue weighted by molar-refractivity contribution is -0.923. The normalized spacial score (nSPS) is 39.0. The van der Waals surface area contributed by atoms with Crippen molar-refractivity contribution < 1.29 is 9.59 Å². The Morgan fingerprint density at radius 1 is 1.47 bits per heavy atom. The molecule has 0 spiro atoms. The lowest BCUT2D eigenvalue weighted by Gasteiger charge is -2.48. The van der Waals surface area contributed by atoms with E-state index in [9.17, 15) is 5.11 Å². The van der Waals surface area contributed by atoms with Gasteiger partial charge in [-0.05, 0) is 13.0 Å². The van der Waals surface area contributed by atoms with Crippen LogP contribution in [-0.2, 0) is 0 Å². The van der Waals surface area contributed by atoms with E-state index in [1.807, 2.05) is 0 Å². The first-order valence-corrected chi connectivity index (χ1v) is 5.50. The lowest BCUT2D eigenvalue weighted by atomic mass is 9.78. The van der Waals surface area contributed by atoms with Crippen LogP contribution in [0.5, 0.6) is 0 Å². The van der Waals surface area contributed by atoms with Gasteiger partial charge in [-0.1, -0.05) is 25.3 Å². The van der Waals surface area contributed by atoms with Gasteiger partial charge in [-0.15, -0.1) is 0 Å². The molecule has 84 valence electrons. The fourth-order valence-electron chi connectivity index (χ4n) is 2.29. The summed E-state index contributed by atoms with van der Waals surface area (Å²) in [6.07, 6.45) is 2.28. The highest BCUT2D eigenvalue weighted by atomic mass is 16.3. The maximum atomic E-state index is 10.4. The fourth-order valence-corrected chi connectivity index (χ4v) is 2.29. The van der Waals surface area contributed by atoms with Gasteiger partial charge in [-0.25, -0.2) is 0 Å². The van der Waals surface area contributed by atoms with Gasteiger partial charge < -0.3 is 9.59 Å². The Morgan fingerprint density at radius 2 is 2.07 bits per heavy atom. The quantitative estimate of drug-likeness (QED) is 0.471. The van der Waals surface area contributed by atoms with Crippen molar-refractivity contribution in [1.29, 1.82) is 0 Å².